The normalized spacial score (nSPS) is 11.3. The summed E-state index contributed by atoms with van der Waals surface area (Å²) in [7, 11) is -3.29. The van der Waals surface area contributed by atoms with E-state index in [2.05, 4.69) is 15.5 Å². The third-order valence-corrected chi connectivity index (χ3v) is 5.52. The van der Waals surface area contributed by atoms with Gasteiger partial charge in [0.15, 0.2) is 9.84 Å². The third kappa shape index (κ3) is 5.14. The number of rotatable bonds is 6. The SMILES string of the molecule is CS(=O)(=O)c1ccc(-c2nnc(NC(=O)CSc3ccc(F)cc3)o2)cc1. The number of sulfone groups is 1. The van der Waals surface area contributed by atoms with E-state index in [0.29, 0.717) is 5.56 Å². The summed E-state index contributed by atoms with van der Waals surface area (Å²) in [5, 5.41) is 10.1. The molecule has 0 fully saturated rings. The molecular formula is C17H14FN3O4S2. The van der Waals surface area contributed by atoms with Gasteiger partial charge in [-0.2, -0.15) is 0 Å². The monoisotopic (exact) mass is 407 g/mol. The second kappa shape index (κ2) is 7.89. The van der Waals surface area contributed by atoms with E-state index in [1.165, 1.54) is 36.0 Å². The summed E-state index contributed by atoms with van der Waals surface area (Å²) in [6.07, 6.45) is 1.12. The first kappa shape index (κ1) is 19.1. The van der Waals surface area contributed by atoms with E-state index in [1.807, 2.05) is 0 Å². The lowest BCUT2D eigenvalue weighted by atomic mass is 10.2. The van der Waals surface area contributed by atoms with Gasteiger partial charge in [-0.3, -0.25) is 10.1 Å². The van der Waals surface area contributed by atoms with Gasteiger partial charge in [0.25, 0.3) is 0 Å². The van der Waals surface area contributed by atoms with Gasteiger partial charge in [-0.05, 0) is 48.5 Å². The molecule has 0 unspecified atom stereocenters. The van der Waals surface area contributed by atoms with E-state index >= 15 is 0 Å². The smallest absolute Gasteiger partial charge is 0.322 e. The van der Waals surface area contributed by atoms with E-state index in [9.17, 15) is 17.6 Å². The molecule has 140 valence electrons. The lowest BCUT2D eigenvalue weighted by Gasteiger charge is -2.01. The van der Waals surface area contributed by atoms with Crippen molar-refractivity contribution < 1.29 is 22.0 Å². The number of halogens is 1. The minimum Gasteiger partial charge on any atom is -0.403 e. The molecule has 0 saturated heterocycles. The largest absolute Gasteiger partial charge is 0.403 e. The molecule has 0 saturated carbocycles. The highest BCUT2D eigenvalue weighted by Crippen LogP contribution is 2.22. The Morgan fingerprint density at radius 1 is 1.11 bits per heavy atom. The number of anilines is 1. The van der Waals surface area contributed by atoms with Crippen molar-refractivity contribution in [2.24, 2.45) is 0 Å². The second-order valence-electron chi connectivity index (χ2n) is 5.50. The topological polar surface area (TPSA) is 102 Å². The van der Waals surface area contributed by atoms with E-state index in [1.54, 1.807) is 24.3 Å². The van der Waals surface area contributed by atoms with Gasteiger partial charge in [-0.1, -0.05) is 5.10 Å². The molecule has 3 aromatic rings. The summed E-state index contributed by atoms with van der Waals surface area (Å²) in [4.78, 5) is 12.9. The molecule has 0 bridgehead atoms. The predicted molar refractivity (Wildman–Crippen MR) is 98.6 cm³/mol. The number of hydrogen-bond acceptors (Lipinski definition) is 7. The van der Waals surface area contributed by atoms with Gasteiger partial charge in [-0.15, -0.1) is 16.9 Å². The average molecular weight is 407 g/mol. The van der Waals surface area contributed by atoms with E-state index in [0.717, 1.165) is 11.2 Å². The Labute approximate surface area is 158 Å². The molecule has 0 aliphatic carbocycles. The van der Waals surface area contributed by atoms with Crippen LogP contribution in [-0.4, -0.2) is 36.5 Å². The number of carbonyl (C=O) groups is 1. The Balaban J connectivity index is 1.60. The third-order valence-electron chi connectivity index (χ3n) is 3.38. The minimum absolute atomic E-state index is 0.0677. The van der Waals surface area contributed by atoms with Crippen molar-refractivity contribution in [1.29, 1.82) is 0 Å². The molecular weight excluding hydrogens is 393 g/mol. The average Bonchev–Trinajstić information content (AvgIpc) is 3.09. The number of amides is 1. The molecule has 10 heteroatoms. The van der Waals surface area contributed by atoms with Crippen molar-refractivity contribution in [2.75, 3.05) is 17.3 Å². The maximum absolute atomic E-state index is 12.8. The Morgan fingerprint density at radius 2 is 1.78 bits per heavy atom. The molecule has 0 aliphatic heterocycles. The zero-order valence-electron chi connectivity index (χ0n) is 14.0. The standard InChI is InChI=1S/C17H14FN3O4S2/c1-27(23,24)14-8-2-11(3-9-14)16-20-21-17(25-16)19-15(22)10-26-13-6-4-12(18)5-7-13/h2-9H,10H2,1H3,(H,19,21,22). The first-order chi connectivity index (χ1) is 12.8. The van der Waals surface area contributed by atoms with Crippen LogP contribution in [0.1, 0.15) is 0 Å². The van der Waals surface area contributed by atoms with E-state index in [-0.39, 0.29) is 34.3 Å². The zero-order chi connectivity index (χ0) is 19.4. The fraction of sp³-hybridized carbons (Fsp3) is 0.118. The van der Waals surface area contributed by atoms with Gasteiger partial charge < -0.3 is 4.42 Å². The van der Waals surface area contributed by atoms with Crippen molar-refractivity contribution in [3.05, 3.63) is 54.3 Å². The highest BCUT2D eigenvalue weighted by Gasteiger charge is 2.13. The van der Waals surface area contributed by atoms with Gasteiger partial charge >= 0.3 is 6.01 Å². The number of thioether (sulfide) groups is 1. The van der Waals surface area contributed by atoms with Gasteiger partial charge in [0.1, 0.15) is 5.82 Å². The van der Waals surface area contributed by atoms with Crippen LogP contribution in [0, 0.1) is 5.82 Å². The summed E-state index contributed by atoms with van der Waals surface area (Å²) in [5.74, 6) is -0.456. The molecule has 0 radical (unpaired) electrons. The number of benzene rings is 2. The van der Waals surface area contributed by atoms with Crippen LogP contribution in [0.3, 0.4) is 0 Å². The van der Waals surface area contributed by atoms with Crippen molar-refractivity contribution >= 4 is 33.5 Å². The molecule has 0 aliphatic rings. The van der Waals surface area contributed by atoms with Crippen molar-refractivity contribution in [1.82, 2.24) is 10.2 Å². The van der Waals surface area contributed by atoms with Gasteiger partial charge in [0, 0.05) is 16.7 Å². The van der Waals surface area contributed by atoms with Crippen LogP contribution in [0.4, 0.5) is 10.4 Å². The van der Waals surface area contributed by atoms with Gasteiger partial charge in [-0.25, -0.2) is 12.8 Å². The van der Waals surface area contributed by atoms with Crippen LogP contribution in [0.15, 0.2) is 62.7 Å². The predicted octanol–water partition coefficient (Wildman–Crippen LogP) is 3.01. The van der Waals surface area contributed by atoms with E-state index < -0.39 is 9.84 Å². The quantitative estimate of drug-likeness (QED) is 0.627. The summed E-state index contributed by atoms with van der Waals surface area (Å²) in [6, 6.07) is 11.7. The number of nitrogens with zero attached hydrogens (tertiary/aromatic N) is 2. The molecule has 1 aromatic heterocycles. The first-order valence-corrected chi connectivity index (χ1v) is 10.5. The lowest BCUT2D eigenvalue weighted by molar-refractivity contribution is -0.113. The molecule has 7 nitrogen and oxygen atoms in total. The fourth-order valence-electron chi connectivity index (χ4n) is 2.07. The summed E-state index contributed by atoms with van der Waals surface area (Å²) in [6.45, 7) is 0. The molecule has 1 heterocycles. The minimum atomic E-state index is -3.29. The number of aromatic nitrogens is 2. The maximum atomic E-state index is 12.8. The van der Waals surface area contributed by atoms with Crippen molar-refractivity contribution in [3.63, 3.8) is 0 Å². The molecule has 3 rings (SSSR count). The maximum Gasteiger partial charge on any atom is 0.322 e. The summed E-state index contributed by atoms with van der Waals surface area (Å²) < 4.78 is 41.2. The number of hydrogen-bond donors (Lipinski definition) is 1. The Kier molecular flexibility index (Phi) is 5.57. The van der Waals surface area contributed by atoms with Crippen LogP contribution < -0.4 is 5.32 Å². The molecule has 1 amide bonds. The molecule has 27 heavy (non-hydrogen) atoms. The van der Waals surface area contributed by atoms with Crippen molar-refractivity contribution in [2.45, 2.75) is 9.79 Å². The van der Waals surface area contributed by atoms with Crippen molar-refractivity contribution in [3.8, 4) is 11.5 Å². The fourth-order valence-corrected chi connectivity index (χ4v) is 3.40. The zero-order valence-corrected chi connectivity index (χ0v) is 15.7. The number of carbonyl (C=O) groups excluding carboxylic acids is 1. The molecule has 1 N–H and O–H groups in total. The van der Waals surface area contributed by atoms with Crippen LogP contribution in [-0.2, 0) is 14.6 Å². The van der Waals surface area contributed by atoms with Gasteiger partial charge in [0.2, 0.25) is 11.8 Å². The van der Waals surface area contributed by atoms with Crippen LogP contribution in [0.25, 0.3) is 11.5 Å². The van der Waals surface area contributed by atoms with Crippen LogP contribution >= 0.6 is 11.8 Å². The summed E-state index contributed by atoms with van der Waals surface area (Å²) in [5.41, 5.74) is 0.524. The highest BCUT2D eigenvalue weighted by atomic mass is 32.2. The highest BCUT2D eigenvalue weighted by molar-refractivity contribution is 8.00. The van der Waals surface area contributed by atoms with Crippen LogP contribution in [0.2, 0.25) is 0 Å². The molecule has 0 atom stereocenters. The Bertz CT molecular complexity index is 1050. The second-order valence-corrected chi connectivity index (χ2v) is 8.56. The lowest BCUT2D eigenvalue weighted by Crippen LogP contribution is -2.14. The molecule has 0 spiro atoms. The number of nitrogens with one attached hydrogen (secondary N) is 1. The van der Waals surface area contributed by atoms with Crippen LogP contribution in [0.5, 0.6) is 0 Å². The summed E-state index contributed by atoms with van der Waals surface area (Å²) >= 11 is 1.24. The van der Waals surface area contributed by atoms with Gasteiger partial charge in [0.05, 0.1) is 10.6 Å². The Hall–Kier alpha value is -2.72. The Morgan fingerprint density at radius 3 is 2.41 bits per heavy atom. The molecule has 2 aromatic carbocycles. The van der Waals surface area contributed by atoms with E-state index in [4.69, 9.17) is 4.42 Å². The first-order valence-electron chi connectivity index (χ1n) is 7.63.